The highest BCUT2D eigenvalue weighted by Gasteiger charge is 2.29. The van der Waals surface area contributed by atoms with Crippen LogP contribution in [-0.2, 0) is 0 Å². The number of aryl methyl sites for hydroxylation is 5. The van der Waals surface area contributed by atoms with E-state index < -0.39 is 0 Å². The van der Waals surface area contributed by atoms with Crippen LogP contribution in [0.3, 0.4) is 0 Å². The Morgan fingerprint density at radius 1 is 0.562 bits per heavy atom. The van der Waals surface area contributed by atoms with E-state index >= 15 is 0 Å². The summed E-state index contributed by atoms with van der Waals surface area (Å²) in [6.45, 7) is 13.8. The zero-order chi connectivity index (χ0) is 22.8. The van der Waals surface area contributed by atoms with Gasteiger partial charge in [-0.3, -0.25) is 0 Å². The van der Waals surface area contributed by atoms with Crippen LogP contribution in [0.1, 0.15) is 33.4 Å². The van der Waals surface area contributed by atoms with Gasteiger partial charge in [0.2, 0.25) is 6.71 Å². The fourth-order valence-electron chi connectivity index (χ4n) is 5.16. The maximum Gasteiger partial charge on any atom is 0.242 e. The minimum Gasteiger partial charge on any atom is -0.0896 e. The molecule has 0 nitrogen and oxygen atoms in total. The molecule has 0 amide bonds. The molecule has 0 aliphatic rings. The van der Waals surface area contributed by atoms with E-state index in [4.69, 9.17) is 0 Å². The molecule has 160 valence electrons. The van der Waals surface area contributed by atoms with Gasteiger partial charge in [0, 0.05) is 9.79 Å². The summed E-state index contributed by atoms with van der Waals surface area (Å²) in [5.74, 6) is 0. The maximum atomic E-state index is 2.38. The van der Waals surface area contributed by atoms with Crippen LogP contribution < -0.4 is 16.4 Å². The summed E-state index contributed by atoms with van der Waals surface area (Å²) in [5.41, 5.74) is 12.4. The Hall–Kier alpha value is -2.71. The highest BCUT2D eigenvalue weighted by molar-refractivity contribution is 7.99. The van der Waals surface area contributed by atoms with Gasteiger partial charge in [0.25, 0.3) is 0 Å². The second kappa shape index (κ2) is 9.42. The third kappa shape index (κ3) is 4.43. The summed E-state index contributed by atoms with van der Waals surface area (Å²) in [4.78, 5) is 2.66. The van der Waals surface area contributed by atoms with Crippen LogP contribution in [0.4, 0.5) is 0 Å². The summed E-state index contributed by atoms with van der Waals surface area (Å²) in [6.07, 6.45) is 0. The van der Waals surface area contributed by atoms with E-state index in [0.29, 0.717) is 0 Å². The lowest BCUT2D eigenvalue weighted by atomic mass is 9.34. The van der Waals surface area contributed by atoms with Crippen molar-refractivity contribution in [1.29, 1.82) is 0 Å². The van der Waals surface area contributed by atoms with Crippen molar-refractivity contribution in [2.24, 2.45) is 0 Å². The molecular weight excluding hydrogens is 403 g/mol. The molecule has 0 atom stereocenters. The van der Waals surface area contributed by atoms with Crippen molar-refractivity contribution in [1.82, 2.24) is 0 Å². The summed E-state index contributed by atoms with van der Waals surface area (Å²) >= 11 is 1.88. The number of hydrogen-bond acceptors (Lipinski definition) is 1. The van der Waals surface area contributed by atoms with Crippen LogP contribution in [0.15, 0.2) is 88.7 Å². The molecule has 0 N–H and O–H groups in total. The predicted octanol–water partition coefficient (Wildman–Crippen LogP) is 6.20. The van der Waals surface area contributed by atoms with E-state index in [1.165, 1.54) is 59.6 Å². The molecule has 0 heterocycles. The molecule has 4 aromatic carbocycles. The lowest BCUT2D eigenvalue weighted by Crippen LogP contribution is -2.56. The molecular formula is C30H31BS. The number of hydrogen-bond donors (Lipinski definition) is 0. The van der Waals surface area contributed by atoms with E-state index in [-0.39, 0.29) is 6.71 Å². The lowest BCUT2D eigenvalue weighted by Gasteiger charge is -2.26. The average molecular weight is 434 g/mol. The third-order valence-corrected chi connectivity index (χ3v) is 7.71. The van der Waals surface area contributed by atoms with Crippen LogP contribution in [0.25, 0.3) is 0 Å². The average Bonchev–Trinajstić information content (AvgIpc) is 2.76. The van der Waals surface area contributed by atoms with Crippen molar-refractivity contribution in [3.63, 3.8) is 0 Å². The number of rotatable bonds is 5. The second-order valence-electron chi connectivity index (χ2n) is 8.95. The molecule has 0 aliphatic heterocycles. The molecule has 0 fully saturated rings. The molecule has 0 bridgehead atoms. The molecule has 4 aromatic rings. The Balaban J connectivity index is 1.98. The van der Waals surface area contributed by atoms with Crippen molar-refractivity contribution in [3.05, 3.63) is 112 Å². The molecule has 0 saturated carbocycles. The SMILES string of the molecule is Cc1cc(C)c(B(c2ccccc2)c2c(C)cc(C)c(Sc3ccccc3)c2C)c(C)c1. The molecule has 2 heteroatoms. The molecule has 0 unspecified atom stereocenters. The predicted molar refractivity (Wildman–Crippen MR) is 143 cm³/mol. The van der Waals surface area contributed by atoms with Crippen molar-refractivity contribution in [3.8, 4) is 0 Å². The fraction of sp³-hybridized carbons (Fsp3) is 0.200. The Bertz CT molecular complexity index is 1220. The normalized spacial score (nSPS) is 10.9. The molecule has 0 aromatic heterocycles. The quantitative estimate of drug-likeness (QED) is 0.337. The van der Waals surface area contributed by atoms with E-state index in [1.54, 1.807) is 0 Å². The summed E-state index contributed by atoms with van der Waals surface area (Å²) in [5, 5.41) is 0. The zero-order valence-electron chi connectivity index (χ0n) is 20.0. The molecule has 4 rings (SSSR count). The van der Waals surface area contributed by atoms with Gasteiger partial charge in [-0.2, -0.15) is 0 Å². The second-order valence-corrected chi connectivity index (χ2v) is 10.0. The van der Waals surface area contributed by atoms with E-state index in [2.05, 4.69) is 120 Å². The van der Waals surface area contributed by atoms with Gasteiger partial charge in [-0.15, -0.1) is 0 Å². The summed E-state index contributed by atoms with van der Waals surface area (Å²) < 4.78 is 0. The molecule has 0 spiro atoms. The Labute approximate surface area is 198 Å². The van der Waals surface area contributed by atoms with Gasteiger partial charge in [-0.05, 0) is 64.8 Å². The minimum absolute atomic E-state index is 0.215. The van der Waals surface area contributed by atoms with E-state index in [1.807, 2.05) is 11.8 Å². The van der Waals surface area contributed by atoms with E-state index in [0.717, 1.165) is 0 Å². The first-order valence-electron chi connectivity index (χ1n) is 11.3. The summed E-state index contributed by atoms with van der Waals surface area (Å²) in [7, 11) is 0. The monoisotopic (exact) mass is 434 g/mol. The topological polar surface area (TPSA) is 0 Å². The van der Waals surface area contributed by atoms with Gasteiger partial charge in [0.1, 0.15) is 0 Å². The highest BCUT2D eigenvalue weighted by atomic mass is 32.2. The van der Waals surface area contributed by atoms with Gasteiger partial charge in [-0.1, -0.05) is 117 Å². The van der Waals surface area contributed by atoms with Crippen LogP contribution in [0.2, 0.25) is 0 Å². The first-order chi connectivity index (χ1) is 15.4. The standard InChI is InChI=1S/C30H31BS/c1-20-17-21(2)28(22(3)18-20)31(26-13-9-7-10-14-26)29-23(4)19-24(5)30(25(29)6)32-27-15-11-8-12-16-27/h7-19H,1-6H3. The highest BCUT2D eigenvalue weighted by Crippen LogP contribution is 2.33. The Kier molecular flexibility index (Phi) is 6.62. The van der Waals surface area contributed by atoms with Crippen molar-refractivity contribution in [2.45, 2.75) is 51.3 Å². The van der Waals surface area contributed by atoms with Crippen molar-refractivity contribution >= 4 is 34.9 Å². The van der Waals surface area contributed by atoms with Crippen LogP contribution in [-0.4, -0.2) is 6.71 Å². The van der Waals surface area contributed by atoms with Crippen LogP contribution in [0.5, 0.6) is 0 Å². The van der Waals surface area contributed by atoms with Gasteiger partial charge in [0.15, 0.2) is 0 Å². The number of benzene rings is 4. The third-order valence-electron chi connectivity index (χ3n) is 6.37. The minimum atomic E-state index is 0.215. The molecule has 32 heavy (non-hydrogen) atoms. The Morgan fingerprint density at radius 3 is 1.69 bits per heavy atom. The van der Waals surface area contributed by atoms with Gasteiger partial charge in [-0.25, -0.2) is 0 Å². The maximum absolute atomic E-state index is 2.38. The van der Waals surface area contributed by atoms with Gasteiger partial charge < -0.3 is 0 Å². The first kappa shape index (κ1) is 22.5. The van der Waals surface area contributed by atoms with Crippen molar-refractivity contribution < 1.29 is 0 Å². The fourth-order valence-corrected chi connectivity index (χ4v) is 6.17. The van der Waals surface area contributed by atoms with Crippen LogP contribution in [0, 0.1) is 41.5 Å². The van der Waals surface area contributed by atoms with Gasteiger partial charge in [0.05, 0.1) is 0 Å². The smallest absolute Gasteiger partial charge is 0.0896 e. The largest absolute Gasteiger partial charge is 0.242 e. The lowest BCUT2D eigenvalue weighted by molar-refractivity contribution is 1.20. The molecule has 0 radical (unpaired) electrons. The van der Waals surface area contributed by atoms with Crippen molar-refractivity contribution in [2.75, 3.05) is 0 Å². The van der Waals surface area contributed by atoms with E-state index in [9.17, 15) is 0 Å². The Morgan fingerprint density at radius 2 is 1.09 bits per heavy atom. The first-order valence-corrected chi connectivity index (χ1v) is 12.1. The molecule has 0 saturated heterocycles. The summed E-state index contributed by atoms with van der Waals surface area (Å²) in [6, 6.07) is 28.8. The zero-order valence-corrected chi connectivity index (χ0v) is 20.8. The van der Waals surface area contributed by atoms with Crippen LogP contribution >= 0.6 is 11.8 Å². The molecule has 0 aliphatic carbocycles. The van der Waals surface area contributed by atoms with Gasteiger partial charge >= 0.3 is 0 Å².